The van der Waals surface area contributed by atoms with Crippen LogP contribution in [0.4, 0.5) is 23.7 Å². The third-order valence-corrected chi connectivity index (χ3v) is 5.18. The molecule has 1 aromatic heterocycles. The smallest absolute Gasteiger partial charge is 0.343 e. The Kier molecular flexibility index (Phi) is 6.07. The molecule has 2 aromatic carbocycles. The molecule has 0 atom stereocenters. The molecule has 0 unspecified atom stereocenters. The minimum atomic E-state index is -4.47. The second kappa shape index (κ2) is 8.52. The SMILES string of the molecule is CN(Cc1csc2ccccc12)C(=O)Nc1ccc(C(=O)NCC(F)(F)F)cc1. The number of anilines is 1. The van der Waals surface area contributed by atoms with Crippen LogP contribution in [-0.4, -0.2) is 36.6 Å². The molecule has 0 bridgehead atoms. The summed E-state index contributed by atoms with van der Waals surface area (Å²) in [5.41, 5.74) is 1.55. The number of rotatable bonds is 5. The summed E-state index contributed by atoms with van der Waals surface area (Å²) in [6.07, 6.45) is -4.47. The molecule has 3 aromatic rings. The molecule has 0 saturated heterocycles. The van der Waals surface area contributed by atoms with Crippen LogP contribution in [-0.2, 0) is 6.54 Å². The highest BCUT2D eigenvalue weighted by Gasteiger charge is 2.27. The molecular weight excluding hydrogens is 403 g/mol. The molecule has 5 nitrogen and oxygen atoms in total. The Morgan fingerprint density at radius 2 is 1.76 bits per heavy atom. The van der Waals surface area contributed by atoms with Gasteiger partial charge in [0.15, 0.2) is 0 Å². The van der Waals surface area contributed by atoms with E-state index in [0.717, 1.165) is 15.6 Å². The summed E-state index contributed by atoms with van der Waals surface area (Å²) in [6, 6.07) is 13.3. The van der Waals surface area contributed by atoms with Crippen molar-refractivity contribution in [1.82, 2.24) is 10.2 Å². The molecule has 0 aliphatic carbocycles. The second-order valence-electron chi connectivity index (χ2n) is 6.42. The Bertz CT molecular complexity index is 1020. The maximum Gasteiger partial charge on any atom is 0.405 e. The number of benzene rings is 2. The molecule has 9 heteroatoms. The van der Waals surface area contributed by atoms with E-state index < -0.39 is 18.6 Å². The maximum atomic E-state index is 12.4. The monoisotopic (exact) mass is 421 g/mol. The first-order chi connectivity index (χ1) is 13.7. The molecule has 1 heterocycles. The van der Waals surface area contributed by atoms with E-state index in [-0.39, 0.29) is 11.6 Å². The Morgan fingerprint density at radius 1 is 1.07 bits per heavy atom. The third kappa shape index (κ3) is 5.47. The molecular formula is C20H18F3N3O2S. The van der Waals surface area contributed by atoms with Gasteiger partial charge < -0.3 is 15.5 Å². The number of hydrogen-bond donors (Lipinski definition) is 2. The van der Waals surface area contributed by atoms with Crippen LogP contribution in [0.25, 0.3) is 10.1 Å². The molecule has 0 radical (unpaired) electrons. The summed E-state index contributed by atoms with van der Waals surface area (Å²) < 4.78 is 37.7. The van der Waals surface area contributed by atoms with Crippen molar-refractivity contribution in [3.05, 3.63) is 65.0 Å². The summed E-state index contributed by atoms with van der Waals surface area (Å²) >= 11 is 1.61. The molecule has 29 heavy (non-hydrogen) atoms. The van der Waals surface area contributed by atoms with Gasteiger partial charge in [0.05, 0.1) is 0 Å². The van der Waals surface area contributed by atoms with Gasteiger partial charge in [-0.15, -0.1) is 11.3 Å². The predicted octanol–water partition coefficient (Wildman–Crippen LogP) is 4.86. The Balaban J connectivity index is 1.58. The van der Waals surface area contributed by atoms with Crippen molar-refractivity contribution in [3.63, 3.8) is 0 Å². The Labute approximate surface area is 169 Å². The molecule has 0 fully saturated rings. The van der Waals surface area contributed by atoms with E-state index in [4.69, 9.17) is 0 Å². The molecule has 3 rings (SSSR count). The summed E-state index contributed by atoms with van der Waals surface area (Å²) in [6.45, 7) is -0.972. The lowest BCUT2D eigenvalue weighted by molar-refractivity contribution is -0.123. The van der Waals surface area contributed by atoms with Crippen LogP contribution < -0.4 is 10.6 Å². The highest BCUT2D eigenvalue weighted by atomic mass is 32.1. The predicted molar refractivity (Wildman–Crippen MR) is 107 cm³/mol. The molecule has 0 aliphatic heterocycles. The number of hydrogen-bond acceptors (Lipinski definition) is 3. The van der Waals surface area contributed by atoms with Gasteiger partial charge in [-0.2, -0.15) is 13.2 Å². The molecule has 0 saturated carbocycles. The van der Waals surface area contributed by atoms with Gasteiger partial charge >= 0.3 is 12.2 Å². The number of carbonyl (C=O) groups excluding carboxylic acids is 2. The molecule has 0 aliphatic rings. The number of fused-ring (bicyclic) bond motifs is 1. The van der Waals surface area contributed by atoms with Gasteiger partial charge in [-0.3, -0.25) is 4.79 Å². The van der Waals surface area contributed by atoms with Crippen molar-refractivity contribution < 1.29 is 22.8 Å². The first-order valence-corrected chi connectivity index (χ1v) is 9.53. The first-order valence-electron chi connectivity index (χ1n) is 8.65. The van der Waals surface area contributed by atoms with Crippen molar-refractivity contribution in [3.8, 4) is 0 Å². The summed E-state index contributed by atoms with van der Waals surface area (Å²) in [4.78, 5) is 25.7. The van der Waals surface area contributed by atoms with Crippen molar-refractivity contribution in [2.45, 2.75) is 12.7 Å². The lowest BCUT2D eigenvalue weighted by Gasteiger charge is -2.18. The van der Waals surface area contributed by atoms with E-state index in [9.17, 15) is 22.8 Å². The van der Waals surface area contributed by atoms with Gasteiger partial charge in [0.25, 0.3) is 5.91 Å². The fourth-order valence-corrected chi connectivity index (χ4v) is 3.64. The largest absolute Gasteiger partial charge is 0.405 e. The van der Waals surface area contributed by atoms with Crippen LogP contribution in [0.2, 0.25) is 0 Å². The second-order valence-corrected chi connectivity index (χ2v) is 7.33. The quantitative estimate of drug-likeness (QED) is 0.618. The minimum absolute atomic E-state index is 0.0744. The van der Waals surface area contributed by atoms with Crippen LogP contribution in [0.15, 0.2) is 53.9 Å². The van der Waals surface area contributed by atoms with Crippen LogP contribution in [0, 0.1) is 0 Å². The van der Waals surface area contributed by atoms with Crippen LogP contribution in [0.3, 0.4) is 0 Å². The van der Waals surface area contributed by atoms with Gasteiger partial charge in [0, 0.05) is 29.5 Å². The summed E-state index contributed by atoms with van der Waals surface area (Å²) in [7, 11) is 1.67. The fourth-order valence-electron chi connectivity index (χ4n) is 2.69. The van der Waals surface area contributed by atoms with E-state index in [2.05, 4.69) is 5.32 Å². The molecule has 2 N–H and O–H groups in total. The van der Waals surface area contributed by atoms with Gasteiger partial charge in [-0.05, 0) is 46.7 Å². The third-order valence-electron chi connectivity index (χ3n) is 4.16. The number of nitrogens with zero attached hydrogens (tertiary/aromatic N) is 1. The molecule has 3 amide bonds. The van der Waals surface area contributed by atoms with E-state index in [1.54, 1.807) is 23.7 Å². The van der Waals surface area contributed by atoms with Crippen LogP contribution >= 0.6 is 11.3 Å². The standard InChI is InChI=1S/C20H18F3N3O2S/c1-26(10-14-11-29-17-5-3-2-4-16(14)17)19(28)25-15-8-6-13(7-9-15)18(27)24-12-20(21,22)23/h2-9,11H,10,12H2,1H3,(H,24,27)(H,25,28). The summed E-state index contributed by atoms with van der Waals surface area (Å²) in [5.74, 6) is -0.832. The lowest BCUT2D eigenvalue weighted by Crippen LogP contribution is -2.33. The van der Waals surface area contributed by atoms with Gasteiger partial charge in [-0.25, -0.2) is 4.79 Å². The van der Waals surface area contributed by atoms with Gasteiger partial charge in [0.1, 0.15) is 6.54 Å². The van der Waals surface area contributed by atoms with Crippen LogP contribution in [0.5, 0.6) is 0 Å². The van der Waals surface area contributed by atoms with Crippen molar-refractivity contribution in [2.75, 3.05) is 18.9 Å². The highest BCUT2D eigenvalue weighted by Crippen LogP contribution is 2.26. The number of alkyl halides is 3. The molecule has 0 spiro atoms. The van der Waals surface area contributed by atoms with E-state index in [1.165, 1.54) is 29.2 Å². The lowest BCUT2D eigenvalue weighted by atomic mass is 10.2. The van der Waals surface area contributed by atoms with Gasteiger partial charge in [0.2, 0.25) is 0 Å². The Morgan fingerprint density at radius 3 is 2.45 bits per heavy atom. The van der Waals surface area contributed by atoms with Gasteiger partial charge in [-0.1, -0.05) is 18.2 Å². The number of halogens is 3. The number of carbonyl (C=O) groups is 2. The van der Waals surface area contributed by atoms with Crippen molar-refractivity contribution >= 4 is 39.0 Å². The number of nitrogens with one attached hydrogen (secondary N) is 2. The van der Waals surface area contributed by atoms with E-state index in [1.807, 2.05) is 29.6 Å². The Hall–Kier alpha value is -3.07. The molecule has 152 valence electrons. The first kappa shape index (κ1) is 20.7. The number of amides is 3. The zero-order chi connectivity index (χ0) is 21.0. The number of thiophene rings is 1. The van der Waals surface area contributed by atoms with E-state index >= 15 is 0 Å². The van der Waals surface area contributed by atoms with E-state index in [0.29, 0.717) is 12.2 Å². The number of urea groups is 1. The average Bonchev–Trinajstić information content (AvgIpc) is 3.09. The minimum Gasteiger partial charge on any atom is -0.343 e. The highest BCUT2D eigenvalue weighted by molar-refractivity contribution is 7.17. The topological polar surface area (TPSA) is 61.4 Å². The van der Waals surface area contributed by atoms with Crippen molar-refractivity contribution in [2.24, 2.45) is 0 Å². The van der Waals surface area contributed by atoms with Crippen molar-refractivity contribution in [1.29, 1.82) is 0 Å². The zero-order valence-corrected chi connectivity index (χ0v) is 16.2. The van der Waals surface area contributed by atoms with Crippen LogP contribution in [0.1, 0.15) is 15.9 Å². The zero-order valence-electron chi connectivity index (χ0n) is 15.4. The normalized spacial score (nSPS) is 11.3. The average molecular weight is 421 g/mol. The fraction of sp³-hybridized carbons (Fsp3) is 0.200. The summed E-state index contributed by atoms with van der Waals surface area (Å²) in [5, 5.41) is 7.62. The maximum absolute atomic E-state index is 12.4.